The minimum atomic E-state index is -1.24. The Morgan fingerprint density at radius 1 is 1.29 bits per heavy atom. The number of hydrogen-bond donors (Lipinski definition) is 1. The van der Waals surface area contributed by atoms with E-state index < -0.39 is 29.7 Å². The zero-order valence-electron chi connectivity index (χ0n) is 14.0. The van der Waals surface area contributed by atoms with Crippen molar-refractivity contribution in [1.82, 2.24) is 0 Å². The average molecular weight is 340 g/mol. The van der Waals surface area contributed by atoms with Gasteiger partial charge in [0.15, 0.2) is 12.2 Å². The molecular weight excluding hydrogens is 316 g/mol. The summed E-state index contributed by atoms with van der Waals surface area (Å²) >= 11 is 0. The Morgan fingerprint density at radius 3 is 2.75 bits per heavy atom. The first-order chi connectivity index (χ1) is 11.3. The summed E-state index contributed by atoms with van der Waals surface area (Å²) in [5.74, 6) is -1.56. The fourth-order valence-electron chi connectivity index (χ4n) is 4.26. The highest BCUT2D eigenvalue weighted by Crippen LogP contribution is 2.51. The third-order valence-electron chi connectivity index (χ3n) is 5.31. The summed E-state index contributed by atoms with van der Waals surface area (Å²) in [6.45, 7) is 3.07. The monoisotopic (exact) mass is 340 g/mol. The molecule has 0 aromatic heterocycles. The van der Waals surface area contributed by atoms with Crippen molar-refractivity contribution in [3.63, 3.8) is 0 Å². The largest absolute Gasteiger partial charge is 0.462 e. The van der Waals surface area contributed by atoms with Gasteiger partial charge < -0.3 is 19.3 Å². The number of esters is 3. The number of carbonyl (C=O) groups is 3. The molecule has 0 radical (unpaired) electrons. The van der Waals surface area contributed by atoms with Gasteiger partial charge >= 0.3 is 17.9 Å². The Morgan fingerprint density at radius 2 is 2.04 bits per heavy atom. The van der Waals surface area contributed by atoms with Gasteiger partial charge in [-0.25, -0.2) is 9.59 Å². The number of rotatable bonds is 5. The van der Waals surface area contributed by atoms with Gasteiger partial charge in [-0.05, 0) is 38.5 Å². The lowest BCUT2D eigenvalue weighted by atomic mass is 9.65. The minimum Gasteiger partial charge on any atom is -0.462 e. The summed E-state index contributed by atoms with van der Waals surface area (Å²) in [7, 11) is 0. The van der Waals surface area contributed by atoms with Gasteiger partial charge in [-0.1, -0.05) is 6.92 Å². The van der Waals surface area contributed by atoms with Crippen LogP contribution in [0.25, 0.3) is 0 Å². The number of fused-ring (bicyclic) bond motifs is 1. The Bertz CT molecular complexity index is 545. The summed E-state index contributed by atoms with van der Waals surface area (Å²) in [6, 6.07) is 0. The van der Waals surface area contributed by atoms with Crippen LogP contribution >= 0.6 is 0 Å². The lowest BCUT2D eigenvalue weighted by Gasteiger charge is -2.45. The topological polar surface area (TPSA) is 99.1 Å². The van der Waals surface area contributed by atoms with Crippen LogP contribution in [0, 0.1) is 11.8 Å². The molecule has 6 atom stereocenters. The molecule has 4 bridgehead atoms. The highest BCUT2D eigenvalue weighted by atomic mass is 16.6. The first-order valence-corrected chi connectivity index (χ1v) is 8.64. The molecule has 2 saturated carbocycles. The normalized spacial score (nSPS) is 36.5. The zero-order valence-corrected chi connectivity index (χ0v) is 14.0. The summed E-state index contributed by atoms with van der Waals surface area (Å²) in [4.78, 5) is 36.0. The standard InChI is InChI=1S/C17H24O7/c1-3-13(18)16(21)22-9(2)14(19)24-17-6-10-4-11(7-17)15(20)23-12(5-10)8-17/h9-13,18H,3-8H2,1-2H3. The van der Waals surface area contributed by atoms with E-state index in [4.69, 9.17) is 14.2 Å². The minimum absolute atomic E-state index is 0.189. The molecule has 0 aromatic rings. The molecule has 4 aliphatic rings. The van der Waals surface area contributed by atoms with E-state index >= 15 is 0 Å². The highest BCUT2D eigenvalue weighted by molar-refractivity contribution is 5.81. The summed E-state index contributed by atoms with van der Waals surface area (Å²) in [5, 5.41) is 9.45. The van der Waals surface area contributed by atoms with E-state index in [9.17, 15) is 19.5 Å². The second-order valence-electron chi connectivity index (χ2n) is 7.31. The Balaban J connectivity index is 1.65. The van der Waals surface area contributed by atoms with E-state index in [0.717, 1.165) is 19.3 Å². The molecule has 4 fully saturated rings. The van der Waals surface area contributed by atoms with Gasteiger partial charge in [-0.15, -0.1) is 0 Å². The predicted molar refractivity (Wildman–Crippen MR) is 80.6 cm³/mol. The lowest BCUT2D eigenvalue weighted by molar-refractivity contribution is -0.190. The van der Waals surface area contributed by atoms with E-state index in [0.29, 0.717) is 18.8 Å². The molecule has 0 amide bonds. The number of hydrogen-bond acceptors (Lipinski definition) is 7. The molecule has 0 spiro atoms. The van der Waals surface area contributed by atoms with E-state index in [1.165, 1.54) is 6.92 Å². The van der Waals surface area contributed by atoms with Crippen molar-refractivity contribution in [2.45, 2.75) is 76.3 Å². The lowest BCUT2D eigenvalue weighted by Crippen LogP contribution is -2.49. The van der Waals surface area contributed by atoms with Crippen LogP contribution in [-0.2, 0) is 28.6 Å². The van der Waals surface area contributed by atoms with Gasteiger partial charge in [0.05, 0.1) is 5.92 Å². The molecule has 7 heteroatoms. The van der Waals surface area contributed by atoms with Crippen molar-refractivity contribution in [3.05, 3.63) is 0 Å². The molecule has 2 aliphatic carbocycles. The number of ether oxygens (including phenoxy) is 3. The maximum Gasteiger partial charge on any atom is 0.347 e. The van der Waals surface area contributed by atoms with Crippen molar-refractivity contribution in [2.75, 3.05) is 0 Å². The number of aliphatic hydroxyl groups excluding tert-OH is 1. The van der Waals surface area contributed by atoms with Gasteiger partial charge in [0.25, 0.3) is 0 Å². The van der Waals surface area contributed by atoms with E-state index in [2.05, 4.69) is 0 Å². The van der Waals surface area contributed by atoms with Crippen LogP contribution in [-0.4, -0.2) is 46.9 Å². The second kappa shape index (κ2) is 6.35. The molecule has 134 valence electrons. The summed E-state index contributed by atoms with van der Waals surface area (Å²) < 4.78 is 16.2. The molecule has 0 aromatic carbocycles. The van der Waals surface area contributed by atoms with Crippen LogP contribution in [0.15, 0.2) is 0 Å². The van der Waals surface area contributed by atoms with Gasteiger partial charge in [-0.2, -0.15) is 0 Å². The SMILES string of the molecule is CCC(O)C(=O)OC(C)C(=O)OC12CC3CC(C1)OC(=O)C(C3)C2. The summed E-state index contributed by atoms with van der Waals surface area (Å²) in [5.41, 5.74) is -0.705. The van der Waals surface area contributed by atoms with Gasteiger partial charge in [0.2, 0.25) is 0 Å². The molecule has 1 N–H and O–H groups in total. The molecule has 4 rings (SSSR count). The molecule has 6 unspecified atom stereocenters. The zero-order chi connectivity index (χ0) is 17.5. The van der Waals surface area contributed by atoms with E-state index in [1.54, 1.807) is 6.92 Å². The van der Waals surface area contributed by atoms with Crippen LogP contribution in [0.4, 0.5) is 0 Å². The summed E-state index contributed by atoms with van der Waals surface area (Å²) in [6.07, 6.45) is 1.01. The van der Waals surface area contributed by atoms with Crippen molar-refractivity contribution in [2.24, 2.45) is 11.8 Å². The Kier molecular flexibility index (Phi) is 4.55. The number of aliphatic hydroxyl groups is 1. The highest BCUT2D eigenvalue weighted by Gasteiger charge is 2.55. The first kappa shape index (κ1) is 17.2. The van der Waals surface area contributed by atoms with Crippen LogP contribution in [0.3, 0.4) is 0 Å². The molecule has 7 nitrogen and oxygen atoms in total. The molecule has 2 heterocycles. The fourth-order valence-corrected chi connectivity index (χ4v) is 4.26. The average Bonchev–Trinajstić information content (AvgIpc) is 2.67. The Labute approximate surface area is 140 Å². The molecular formula is C17H24O7. The quantitative estimate of drug-likeness (QED) is 0.591. The Hall–Kier alpha value is -1.63. The predicted octanol–water partition coefficient (Wildman–Crippen LogP) is 1.11. The van der Waals surface area contributed by atoms with Crippen LogP contribution in [0.5, 0.6) is 0 Å². The van der Waals surface area contributed by atoms with Crippen molar-refractivity contribution >= 4 is 17.9 Å². The van der Waals surface area contributed by atoms with E-state index in [1.807, 2.05) is 0 Å². The third-order valence-corrected chi connectivity index (χ3v) is 5.31. The van der Waals surface area contributed by atoms with Crippen LogP contribution < -0.4 is 0 Å². The van der Waals surface area contributed by atoms with E-state index in [-0.39, 0.29) is 24.4 Å². The van der Waals surface area contributed by atoms with Gasteiger partial charge in [-0.3, -0.25) is 4.79 Å². The van der Waals surface area contributed by atoms with Crippen molar-refractivity contribution in [1.29, 1.82) is 0 Å². The van der Waals surface area contributed by atoms with Crippen molar-refractivity contribution < 1.29 is 33.7 Å². The fraction of sp³-hybridized carbons (Fsp3) is 0.824. The molecule has 24 heavy (non-hydrogen) atoms. The van der Waals surface area contributed by atoms with Crippen LogP contribution in [0.2, 0.25) is 0 Å². The van der Waals surface area contributed by atoms with Crippen molar-refractivity contribution in [3.8, 4) is 0 Å². The second-order valence-corrected chi connectivity index (χ2v) is 7.31. The van der Waals surface area contributed by atoms with Crippen LogP contribution in [0.1, 0.15) is 52.4 Å². The molecule has 2 saturated heterocycles. The molecule has 2 aliphatic heterocycles. The first-order valence-electron chi connectivity index (χ1n) is 8.64. The maximum atomic E-state index is 12.4. The van der Waals surface area contributed by atoms with Gasteiger partial charge in [0.1, 0.15) is 11.7 Å². The maximum absolute atomic E-state index is 12.4. The van der Waals surface area contributed by atoms with Gasteiger partial charge in [0, 0.05) is 12.8 Å². The smallest absolute Gasteiger partial charge is 0.347 e. The third kappa shape index (κ3) is 3.27. The number of carbonyl (C=O) groups excluding carboxylic acids is 3.